The minimum atomic E-state index is -0.579. The van der Waals surface area contributed by atoms with Crippen LogP contribution in [-0.2, 0) is 0 Å². The Hall–Kier alpha value is -2.01. The van der Waals surface area contributed by atoms with Crippen LogP contribution in [0.4, 0.5) is 4.39 Å². The van der Waals surface area contributed by atoms with Crippen molar-refractivity contribution in [3.63, 3.8) is 0 Å². The highest BCUT2D eigenvalue weighted by Crippen LogP contribution is 2.26. The lowest BCUT2D eigenvalue weighted by Crippen LogP contribution is -1.96. The first kappa shape index (κ1) is 16.0. The van der Waals surface area contributed by atoms with E-state index in [9.17, 15) is 4.39 Å². The molecule has 0 radical (unpaired) electrons. The molecule has 2 rings (SSSR count). The monoisotopic (exact) mass is 277 g/mol. The van der Waals surface area contributed by atoms with Crippen LogP contribution in [-0.4, -0.2) is 24.1 Å². The predicted octanol–water partition coefficient (Wildman–Crippen LogP) is 3.42. The van der Waals surface area contributed by atoms with Crippen LogP contribution < -0.4 is 5.32 Å². The lowest BCUT2D eigenvalue weighted by Gasteiger charge is -2.07. The van der Waals surface area contributed by atoms with Crippen LogP contribution >= 0.6 is 0 Å². The smallest absolute Gasteiger partial charge is 0.222 e. The van der Waals surface area contributed by atoms with Gasteiger partial charge in [-0.2, -0.15) is 4.39 Å². The fourth-order valence-electron chi connectivity index (χ4n) is 1.55. The first-order valence-electron chi connectivity index (χ1n) is 6.34. The van der Waals surface area contributed by atoms with Gasteiger partial charge in [-0.15, -0.1) is 6.58 Å². The minimum Gasteiger partial charge on any atom is -0.436 e. The number of aromatic nitrogens is 2. The maximum atomic E-state index is 12.9. The summed E-state index contributed by atoms with van der Waals surface area (Å²) in [7, 11) is 3.75. The first-order valence-corrected chi connectivity index (χ1v) is 6.34. The average Bonchev–Trinajstić information content (AvgIpc) is 2.81. The number of nitrogens with zero attached hydrogens (tertiary/aromatic N) is 2. The number of hydrogen-bond acceptors (Lipinski definition) is 4. The molecule has 2 heterocycles. The molecule has 4 nitrogen and oxygen atoms in total. The number of fused-ring (bicyclic) bond motifs is 1. The van der Waals surface area contributed by atoms with Gasteiger partial charge >= 0.3 is 0 Å². The Morgan fingerprint density at radius 3 is 2.80 bits per heavy atom. The van der Waals surface area contributed by atoms with Gasteiger partial charge in [-0.25, -0.2) is 9.97 Å². The number of pyridine rings is 1. The van der Waals surface area contributed by atoms with Gasteiger partial charge in [0.25, 0.3) is 0 Å². The topological polar surface area (TPSA) is 51.0 Å². The molecule has 0 saturated heterocycles. The number of oxazole rings is 1. The second-order valence-electron chi connectivity index (χ2n) is 4.44. The lowest BCUT2D eigenvalue weighted by molar-refractivity contribution is 0.555. The molecule has 0 aliphatic rings. The molecule has 0 fully saturated rings. The van der Waals surface area contributed by atoms with Crippen LogP contribution in [0.2, 0.25) is 0 Å². The van der Waals surface area contributed by atoms with Crippen molar-refractivity contribution in [2.75, 3.05) is 14.1 Å². The van der Waals surface area contributed by atoms with Crippen LogP contribution in [0.25, 0.3) is 16.7 Å². The second-order valence-corrected chi connectivity index (χ2v) is 4.44. The Bertz CT molecular complexity index is 592. The van der Waals surface area contributed by atoms with E-state index in [-0.39, 0.29) is 5.92 Å². The summed E-state index contributed by atoms with van der Waals surface area (Å²) < 4.78 is 18.3. The SMILES string of the molecule is C=CCC(C)C(=C)c1nc2cnc(F)cc2o1.CNC. The molecule has 1 N–H and O–H groups in total. The van der Waals surface area contributed by atoms with Crippen molar-refractivity contribution >= 4 is 16.7 Å². The molecule has 0 amide bonds. The van der Waals surface area contributed by atoms with Crippen molar-refractivity contribution in [3.8, 4) is 0 Å². The van der Waals surface area contributed by atoms with E-state index in [2.05, 4.69) is 28.4 Å². The van der Waals surface area contributed by atoms with E-state index in [4.69, 9.17) is 4.42 Å². The molecule has 0 saturated carbocycles. The molecule has 2 aromatic heterocycles. The summed E-state index contributed by atoms with van der Waals surface area (Å²) in [5, 5.41) is 2.75. The van der Waals surface area contributed by atoms with Gasteiger partial charge in [0.05, 0.1) is 6.20 Å². The summed E-state index contributed by atoms with van der Waals surface area (Å²) in [6.07, 6.45) is 3.97. The maximum Gasteiger partial charge on any atom is 0.222 e. The number of allylic oxidation sites excluding steroid dienone is 2. The quantitative estimate of drug-likeness (QED) is 0.687. The van der Waals surface area contributed by atoms with Crippen LogP contribution in [0.3, 0.4) is 0 Å². The average molecular weight is 277 g/mol. The fourth-order valence-corrected chi connectivity index (χ4v) is 1.55. The molecular weight excluding hydrogens is 257 g/mol. The molecule has 20 heavy (non-hydrogen) atoms. The molecule has 108 valence electrons. The third-order valence-electron chi connectivity index (χ3n) is 2.63. The van der Waals surface area contributed by atoms with Gasteiger partial charge in [0.1, 0.15) is 5.52 Å². The van der Waals surface area contributed by atoms with Crippen LogP contribution in [0.15, 0.2) is 35.9 Å². The van der Waals surface area contributed by atoms with Crippen molar-refractivity contribution in [2.45, 2.75) is 13.3 Å². The van der Waals surface area contributed by atoms with E-state index in [0.29, 0.717) is 17.0 Å². The normalized spacial score (nSPS) is 11.6. The summed E-state index contributed by atoms with van der Waals surface area (Å²) in [6, 6.07) is 1.22. The van der Waals surface area contributed by atoms with Crippen molar-refractivity contribution in [1.82, 2.24) is 15.3 Å². The fraction of sp³-hybridized carbons (Fsp3) is 0.333. The Morgan fingerprint density at radius 2 is 2.20 bits per heavy atom. The van der Waals surface area contributed by atoms with E-state index >= 15 is 0 Å². The van der Waals surface area contributed by atoms with Crippen LogP contribution in [0.1, 0.15) is 19.2 Å². The molecular formula is C15H20FN3O. The number of hydrogen-bond donors (Lipinski definition) is 1. The molecule has 0 bridgehead atoms. The van der Waals surface area contributed by atoms with Crippen LogP contribution in [0, 0.1) is 11.9 Å². The van der Waals surface area contributed by atoms with Crippen LogP contribution in [0.5, 0.6) is 0 Å². The zero-order chi connectivity index (χ0) is 15.1. The molecule has 0 aliphatic carbocycles. The third-order valence-corrected chi connectivity index (χ3v) is 2.63. The number of halogens is 1. The van der Waals surface area contributed by atoms with E-state index in [1.807, 2.05) is 27.1 Å². The maximum absolute atomic E-state index is 12.9. The summed E-state index contributed by atoms with van der Waals surface area (Å²) in [5.74, 6) is 0.0464. The molecule has 1 unspecified atom stereocenters. The highest BCUT2D eigenvalue weighted by molar-refractivity contribution is 5.74. The van der Waals surface area contributed by atoms with Gasteiger partial charge in [-0.05, 0) is 26.4 Å². The zero-order valence-electron chi connectivity index (χ0n) is 12.1. The van der Waals surface area contributed by atoms with Gasteiger partial charge in [-0.3, -0.25) is 0 Å². The van der Waals surface area contributed by atoms with Crippen molar-refractivity contribution in [2.24, 2.45) is 5.92 Å². The Kier molecular flexibility index (Phi) is 6.06. The van der Waals surface area contributed by atoms with Crippen molar-refractivity contribution < 1.29 is 8.81 Å². The first-order chi connectivity index (χ1) is 9.53. The summed E-state index contributed by atoms with van der Waals surface area (Å²) in [6.45, 7) is 9.63. The van der Waals surface area contributed by atoms with E-state index in [1.165, 1.54) is 12.3 Å². The molecule has 0 spiro atoms. The van der Waals surface area contributed by atoms with Crippen molar-refractivity contribution in [1.29, 1.82) is 0 Å². The second kappa shape index (κ2) is 7.55. The minimum absolute atomic E-state index is 0.193. The molecule has 0 aliphatic heterocycles. The molecule has 2 aromatic rings. The summed E-state index contributed by atoms with van der Waals surface area (Å²) >= 11 is 0. The van der Waals surface area contributed by atoms with Gasteiger partial charge in [0.2, 0.25) is 11.8 Å². The largest absolute Gasteiger partial charge is 0.436 e. The van der Waals surface area contributed by atoms with E-state index < -0.39 is 5.95 Å². The van der Waals surface area contributed by atoms with E-state index in [0.717, 1.165) is 12.0 Å². The predicted molar refractivity (Wildman–Crippen MR) is 79.8 cm³/mol. The summed E-state index contributed by atoms with van der Waals surface area (Å²) in [4.78, 5) is 7.75. The molecule has 5 heteroatoms. The van der Waals surface area contributed by atoms with Gasteiger partial charge < -0.3 is 9.73 Å². The van der Waals surface area contributed by atoms with Gasteiger partial charge in [0, 0.05) is 11.6 Å². The number of rotatable bonds is 4. The Morgan fingerprint density at radius 1 is 1.55 bits per heavy atom. The van der Waals surface area contributed by atoms with Gasteiger partial charge in [0.15, 0.2) is 5.58 Å². The molecule has 0 aromatic carbocycles. The highest BCUT2D eigenvalue weighted by Gasteiger charge is 2.14. The highest BCUT2D eigenvalue weighted by atomic mass is 19.1. The van der Waals surface area contributed by atoms with Crippen molar-refractivity contribution in [3.05, 3.63) is 43.3 Å². The standard InChI is InChI=1S/C13H13FN2O.C2H7N/c1-4-5-8(2)9(3)13-16-10-7-15-12(14)6-11(10)17-13;1-3-2/h4,6-8H,1,3,5H2,2H3;3H,1-2H3. The Balaban J connectivity index is 0.000000612. The third kappa shape index (κ3) is 3.99. The zero-order valence-corrected chi connectivity index (χ0v) is 12.1. The Labute approximate surface area is 118 Å². The lowest BCUT2D eigenvalue weighted by atomic mass is 9.99. The number of nitrogens with one attached hydrogen (secondary N) is 1. The molecule has 1 atom stereocenters. The summed E-state index contributed by atoms with van der Waals surface area (Å²) in [5.41, 5.74) is 1.70. The van der Waals surface area contributed by atoms with Gasteiger partial charge in [-0.1, -0.05) is 19.6 Å². The van der Waals surface area contributed by atoms with E-state index in [1.54, 1.807) is 0 Å².